The van der Waals surface area contributed by atoms with Gasteiger partial charge in [0.05, 0.1) is 29.6 Å². The Hall–Kier alpha value is -2.97. The molecule has 23 heavy (non-hydrogen) atoms. The van der Waals surface area contributed by atoms with E-state index in [0.717, 1.165) is 33.2 Å². The minimum Gasteiger partial charge on any atom is -0.286 e. The van der Waals surface area contributed by atoms with Crippen LogP contribution in [0.1, 0.15) is 5.69 Å². The summed E-state index contributed by atoms with van der Waals surface area (Å²) in [7, 11) is 0. The summed E-state index contributed by atoms with van der Waals surface area (Å²) in [5, 5.41) is 11.4. The van der Waals surface area contributed by atoms with E-state index in [1.165, 1.54) is 0 Å². The zero-order chi connectivity index (χ0) is 15.6. The van der Waals surface area contributed by atoms with E-state index in [1.54, 1.807) is 23.7 Å². The average molecular weight is 316 g/mol. The van der Waals surface area contributed by atoms with Crippen molar-refractivity contribution < 1.29 is 0 Å². The van der Waals surface area contributed by atoms with Gasteiger partial charge in [-0.2, -0.15) is 5.26 Å². The van der Waals surface area contributed by atoms with Gasteiger partial charge in [0.15, 0.2) is 4.96 Å². The Balaban J connectivity index is 1.99. The summed E-state index contributed by atoms with van der Waals surface area (Å²) in [6.07, 6.45) is 3.83. The van der Waals surface area contributed by atoms with Crippen molar-refractivity contribution in [2.45, 2.75) is 6.42 Å². The fourth-order valence-corrected chi connectivity index (χ4v) is 3.61. The molecule has 0 atom stereocenters. The van der Waals surface area contributed by atoms with E-state index >= 15 is 0 Å². The fourth-order valence-electron chi connectivity index (χ4n) is 2.70. The van der Waals surface area contributed by atoms with Gasteiger partial charge >= 0.3 is 0 Å². The molecule has 110 valence electrons. The smallest absolute Gasteiger partial charge is 0.194 e. The van der Waals surface area contributed by atoms with Crippen molar-refractivity contribution in [2.75, 3.05) is 0 Å². The molecule has 0 saturated heterocycles. The van der Waals surface area contributed by atoms with Crippen LogP contribution in [0.3, 0.4) is 0 Å². The molecule has 5 heteroatoms. The topological polar surface area (TPSA) is 54.0 Å². The van der Waals surface area contributed by atoms with Gasteiger partial charge in [-0.15, -0.1) is 11.3 Å². The largest absolute Gasteiger partial charge is 0.286 e. The lowest BCUT2D eigenvalue weighted by atomic mass is 10.1. The molecule has 0 bridgehead atoms. The van der Waals surface area contributed by atoms with E-state index in [1.807, 2.05) is 30.3 Å². The molecule has 0 radical (unpaired) electrons. The standard InChI is InChI=1S/C18H12N4S/c19-9-8-15-17(14-7-4-10-20-11-14)21-18-22(15)16(12-23-18)13-5-2-1-3-6-13/h1-7,10-12H,8H2. The van der Waals surface area contributed by atoms with Crippen LogP contribution in [0.4, 0.5) is 0 Å². The molecule has 4 rings (SSSR count). The Morgan fingerprint density at radius 2 is 1.91 bits per heavy atom. The van der Waals surface area contributed by atoms with E-state index in [2.05, 4.69) is 33.0 Å². The Labute approximate surface area is 137 Å². The molecule has 0 aliphatic rings. The van der Waals surface area contributed by atoms with Gasteiger partial charge in [-0.3, -0.25) is 9.38 Å². The van der Waals surface area contributed by atoms with Crippen molar-refractivity contribution in [1.29, 1.82) is 5.26 Å². The number of nitrogens with zero attached hydrogens (tertiary/aromatic N) is 4. The molecule has 0 N–H and O–H groups in total. The summed E-state index contributed by atoms with van der Waals surface area (Å²) < 4.78 is 2.09. The van der Waals surface area contributed by atoms with Crippen LogP contribution in [0, 0.1) is 11.3 Å². The Bertz CT molecular complexity index is 994. The third-order valence-electron chi connectivity index (χ3n) is 3.71. The van der Waals surface area contributed by atoms with E-state index in [0.29, 0.717) is 6.42 Å². The normalized spacial score (nSPS) is 10.7. The van der Waals surface area contributed by atoms with Crippen molar-refractivity contribution >= 4 is 16.3 Å². The predicted molar refractivity (Wildman–Crippen MR) is 91.1 cm³/mol. The fraction of sp³-hybridized carbons (Fsp3) is 0.0556. The molecule has 0 saturated carbocycles. The van der Waals surface area contributed by atoms with Gasteiger partial charge in [0.1, 0.15) is 0 Å². The van der Waals surface area contributed by atoms with Crippen molar-refractivity contribution in [1.82, 2.24) is 14.4 Å². The van der Waals surface area contributed by atoms with Crippen LogP contribution in [0.25, 0.3) is 27.5 Å². The number of rotatable bonds is 3. The minimum absolute atomic E-state index is 0.308. The van der Waals surface area contributed by atoms with Crippen molar-refractivity contribution in [3.05, 3.63) is 65.9 Å². The second-order valence-electron chi connectivity index (χ2n) is 5.09. The van der Waals surface area contributed by atoms with Gasteiger partial charge in [0, 0.05) is 23.3 Å². The van der Waals surface area contributed by atoms with Crippen LogP contribution in [0.2, 0.25) is 0 Å². The lowest BCUT2D eigenvalue weighted by Gasteiger charge is -2.04. The number of fused-ring (bicyclic) bond motifs is 1. The van der Waals surface area contributed by atoms with Crippen LogP contribution in [0.5, 0.6) is 0 Å². The molecule has 0 aliphatic carbocycles. The quantitative estimate of drug-likeness (QED) is 0.569. The SMILES string of the molecule is N#CCc1c(-c2cccnc2)nc2scc(-c3ccccc3)n12. The van der Waals surface area contributed by atoms with Gasteiger partial charge in [-0.05, 0) is 17.7 Å². The second-order valence-corrected chi connectivity index (χ2v) is 5.93. The molecule has 0 spiro atoms. The summed E-state index contributed by atoms with van der Waals surface area (Å²) in [6.45, 7) is 0. The van der Waals surface area contributed by atoms with Crippen molar-refractivity contribution in [3.8, 4) is 28.6 Å². The van der Waals surface area contributed by atoms with Crippen LogP contribution < -0.4 is 0 Å². The number of imidazole rings is 1. The Morgan fingerprint density at radius 3 is 2.65 bits per heavy atom. The Morgan fingerprint density at radius 1 is 1.09 bits per heavy atom. The predicted octanol–water partition coefficient (Wildman–Crippen LogP) is 4.19. The highest BCUT2D eigenvalue weighted by molar-refractivity contribution is 7.15. The maximum Gasteiger partial charge on any atom is 0.194 e. The molecule has 1 aromatic carbocycles. The molecule has 3 heterocycles. The first kappa shape index (κ1) is 13.7. The van der Waals surface area contributed by atoms with E-state index in [9.17, 15) is 5.26 Å². The lowest BCUT2D eigenvalue weighted by molar-refractivity contribution is 1.08. The molecule has 4 aromatic rings. The van der Waals surface area contributed by atoms with Crippen LogP contribution in [-0.2, 0) is 6.42 Å². The summed E-state index contributed by atoms with van der Waals surface area (Å²) in [5.41, 5.74) is 4.87. The molecule has 0 fully saturated rings. The first-order valence-corrected chi connectivity index (χ1v) is 8.08. The molecule has 0 amide bonds. The molecule has 3 aromatic heterocycles. The van der Waals surface area contributed by atoms with Crippen molar-refractivity contribution in [2.24, 2.45) is 0 Å². The first-order chi connectivity index (χ1) is 11.4. The number of benzene rings is 1. The molecule has 4 nitrogen and oxygen atoms in total. The van der Waals surface area contributed by atoms with Gasteiger partial charge < -0.3 is 0 Å². The average Bonchev–Trinajstić information content (AvgIpc) is 3.17. The Kier molecular flexibility index (Phi) is 3.37. The number of nitriles is 1. The number of pyridine rings is 1. The lowest BCUT2D eigenvalue weighted by Crippen LogP contribution is -1.95. The third-order valence-corrected chi connectivity index (χ3v) is 4.54. The molecule has 0 unspecified atom stereocenters. The summed E-state index contributed by atoms with van der Waals surface area (Å²) in [4.78, 5) is 9.80. The van der Waals surface area contributed by atoms with Gasteiger partial charge in [0.25, 0.3) is 0 Å². The maximum absolute atomic E-state index is 9.26. The number of aromatic nitrogens is 3. The molecular formula is C18H12N4S. The molecule has 0 aliphatic heterocycles. The number of hydrogen-bond acceptors (Lipinski definition) is 4. The number of hydrogen-bond donors (Lipinski definition) is 0. The summed E-state index contributed by atoms with van der Waals surface area (Å²) >= 11 is 1.59. The van der Waals surface area contributed by atoms with Crippen LogP contribution in [0.15, 0.2) is 60.2 Å². The highest BCUT2D eigenvalue weighted by Crippen LogP contribution is 2.32. The second kappa shape index (κ2) is 5.67. The zero-order valence-corrected chi connectivity index (χ0v) is 13.0. The monoisotopic (exact) mass is 316 g/mol. The van der Waals surface area contributed by atoms with Gasteiger partial charge in [-0.1, -0.05) is 30.3 Å². The summed E-state index contributed by atoms with van der Waals surface area (Å²) in [6, 6.07) is 16.3. The highest BCUT2D eigenvalue weighted by atomic mass is 32.1. The van der Waals surface area contributed by atoms with Gasteiger partial charge in [-0.25, -0.2) is 4.98 Å². The zero-order valence-electron chi connectivity index (χ0n) is 12.2. The minimum atomic E-state index is 0.308. The number of thiazole rings is 1. The third kappa shape index (κ3) is 2.30. The van der Waals surface area contributed by atoms with E-state index in [4.69, 9.17) is 4.98 Å². The highest BCUT2D eigenvalue weighted by Gasteiger charge is 2.18. The van der Waals surface area contributed by atoms with E-state index in [-0.39, 0.29) is 0 Å². The van der Waals surface area contributed by atoms with Crippen LogP contribution in [-0.4, -0.2) is 14.4 Å². The van der Waals surface area contributed by atoms with Gasteiger partial charge in [0.2, 0.25) is 0 Å². The first-order valence-electron chi connectivity index (χ1n) is 7.20. The summed E-state index contributed by atoms with van der Waals surface area (Å²) in [5.74, 6) is 0. The van der Waals surface area contributed by atoms with E-state index < -0.39 is 0 Å². The van der Waals surface area contributed by atoms with Crippen molar-refractivity contribution in [3.63, 3.8) is 0 Å². The van der Waals surface area contributed by atoms with Crippen LogP contribution >= 0.6 is 11.3 Å². The molecular weight excluding hydrogens is 304 g/mol. The maximum atomic E-state index is 9.26.